The van der Waals surface area contributed by atoms with Gasteiger partial charge in [0.15, 0.2) is 15.6 Å². The molecule has 0 unspecified atom stereocenters. The second-order valence-electron chi connectivity index (χ2n) is 7.07. The second-order valence-corrected chi connectivity index (χ2v) is 9.06. The zero-order chi connectivity index (χ0) is 21.1. The smallest absolute Gasteiger partial charge is 0.289 e. The molecule has 30 heavy (non-hydrogen) atoms. The summed E-state index contributed by atoms with van der Waals surface area (Å²) >= 11 is 0. The van der Waals surface area contributed by atoms with Crippen molar-refractivity contribution in [3.8, 4) is 0 Å². The predicted molar refractivity (Wildman–Crippen MR) is 111 cm³/mol. The number of benzene rings is 2. The van der Waals surface area contributed by atoms with Crippen LogP contribution >= 0.6 is 0 Å². The first-order valence-corrected chi connectivity index (χ1v) is 11.2. The first kappa shape index (κ1) is 20.2. The van der Waals surface area contributed by atoms with Crippen LogP contribution in [0.2, 0.25) is 0 Å². The van der Waals surface area contributed by atoms with E-state index in [1.807, 2.05) is 4.90 Å². The van der Waals surface area contributed by atoms with E-state index >= 15 is 0 Å². The number of nitrogens with zero attached hydrogens (tertiary/aromatic N) is 2. The molecular formula is C22H21FN2O4S. The van der Waals surface area contributed by atoms with Gasteiger partial charge in [-0.2, -0.15) is 0 Å². The van der Waals surface area contributed by atoms with E-state index in [4.69, 9.17) is 4.42 Å². The van der Waals surface area contributed by atoms with Crippen molar-refractivity contribution in [1.82, 2.24) is 4.90 Å². The average Bonchev–Trinajstić information content (AvgIpc) is 3.22. The molecular weight excluding hydrogens is 407 g/mol. The number of piperazine rings is 1. The molecule has 156 valence electrons. The van der Waals surface area contributed by atoms with Crippen molar-refractivity contribution in [2.24, 2.45) is 0 Å². The van der Waals surface area contributed by atoms with E-state index in [2.05, 4.69) is 0 Å². The number of amides is 1. The summed E-state index contributed by atoms with van der Waals surface area (Å²) in [5.41, 5.74) is 0.524. The molecule has 1 aliphatic rings. The Morgan fingerprint density at radius 1 is 0.900 bits per heavy atom. The van der Waals surface area contributed by atoms with Gasteiger partial charge < -0.3 is 14.2 Å². The zero-order valence-corrected chi connectivity index (χ0v) is 17.0. The van der Waals surface area contributed by atoms with E-state index in [1.54, 1.807) is 41.3 Å². The van der Waals surface area contributed by atoms with Crippen LogP contribution in [0, 0.1) is 5.82 Å². The molecule has 0 atom stereocenters. The minimum absolute atomic E-state index is 0.104. The summed E-state index contributed by atoms with van der Waals surface area (Å²) in [4.78, 5) is 16.5. The third kappa shape index (κ3) is 4.23. The fourth-order valence-corrected chi connectivity index (χ4v) is 4.75. The molecule has 0 bridgehead atoms. The molecule has 2 aromatic carbocycles. The summed E-state index contributed by atoms with van der Waals surface area (Å²) in [7, 11) is -3.55. The fourth-order valence-electron chi connectivity index (χ4n) is 3.48. The highest BCUT2D eigenvalue weighted by atomic mass is 32.2. The molecule has 0 aliphatic carbocycles. The molecule has 4 rings (SSSR count). The Morgan fingerprint density at radius 2 is 1.57 bits per heavy atom. The highest BCUT2D eigenvalue weighted by Crippen LogP contribution is 2.22. The van der Waals surface area contributed by atoms with Crippen molar-refractivity contribution in [3.63, 3.8) is 0 Å². The van der Waals surface area contributed by atoms with Crippen molar-refractivity contribution in [1.29, 1.82) is 0 Å². The van der Waals surface area contributed by atoms with Crippen LogP contribution in [0.4, 0.5) is 10.1 Å². The van der Waals surface area contributed by atoms with Crippen LogP contribution in [0.25, 0.3) is 0 Å². The van der Waals surface area contributed by atoms with Gasteiger partial charge in [0, 0.05) is 26.2 Å². The molecule has 6 nitrogen and oxygen atoms in total. The summed E-state index contributed by atoms with van der Waals surface area (Å²) in [6.07, 6.45) is 0. The standard InChI is InChI=1S/C22H21FN2O4S/c23-19-8-4-5-9-20(19)24-12-14-25(15-13-24)22(26)21-11-10-17(29-21)16-30(27,28)18-6-2-1-3-7-18/h1-11H,12-16H2. The van der Waals surface area contributed by atoms with Gasteiger partial charge in [-0.05, 0) is 36.4 Å². The number of hydrogen-bond donors (Lipinski definition) is 0. The minimum Gasteiger partial charge on any atom is -0.455 e. The van der Waals surface area contributed by atoms with Crippen LogP contribution in [0.1, 0.15) is 16.3 Å². The Balaban J connectivity index is 1.40. The van der Waals surface area contributed by atoms with Gasteiger partial charge in [0.1, 0.15) is 17.3 Å². The lowest BCUT2D eigenvalue weighted by molar-refractivity contribution is 0.0713. The first-order valence-electron chi connectivity index (χ1n) is 9.59. The van der Waals surface area contributed by atoms with E-state index in [9.17, 15) is 17.6 Å². The minimum atomic E-state index is -3.55. The normalized spacial score (nSPS) is 14.7. The largest absolute Gasteiger partial charge is 0.455 e. The number of carbonyl (C=O) groups excluding carboxylic acids is 1. The molecule has 1 aliphatic heterocycles. The number of furan rings is 1. The zero-order valence-electron chi connectivity index (χ0n) is 16.2. The maximum atomic E-state index is 14.0. The van der Waals surface area contributed by atoms with Crippen LogP contribution < -0.4 is 4.90 Å². The Bertz CT molecular complexity index is 1140. The SMILES string of the molecule is O=C(c1ccc(CS(=O)(=O)c2ccccc2)o1)N1CCN(c2ccccc2F)CC1. The molecule has 0 saturated carbocycles. The fraction of sp³-hybridized carbons (Fsp3) is 0.227. The van der Waals surface area contributed by atoms with Gasteiger partial charge >= 0.3 is 0 Å². The summed E-state index contributed by atoms with van der Waals surface area (Å²) < 4.78 is 44.5. The summed E-state index contributed by atoms with van der Waals surface area (Å²) in [5.74, 6) is -0.579. The Labute approximate surface area is 174 Å². The van der Waals surface area contributed by atoms with Gasteiger partial charge in [-0.15, -0.1) is 0 Å². The van der Waals surface area contributed by atoms with Gasteiger partial charge in [-0.3, -0.25) is 4.79 Å². The summed E-state index contributed by atoms with van der Waals surface area (Å²) in [6.45, 7) is 1.85. The number of sulfone groups is 1. The van der Waals surface area contributed by atoms with E-state index in [0.717, 1.165) is 0 Å². The van der Waals surface area contributed by atoms with Crippen molar-refractivity contribution in [2.75, 3.05) is 31.1 Å². The molecule has 1 aromatic heterocycles. The van der Waals surface area contributed by atoms with Crippen LogP contribution in [-0.2, 0) is 15.6 Å². The molecule has 0 spiro atoms. The Hall–Kier alpha value is -3.13. The second kappa shape index (κ2) is 8.31. The van der Waals surface area contributed by atoms with Crippen molar-refractivity contribution in [3.05, 3.63) is 84.1 Å². The molecule has 8 heteroatoms. The van der Waals surface area contributed by atoms with Crippen molar-refractivity contribution < 1.29 is 22.0 Å². The van der Waals surface area contributed by atoms with Gasteiger partial charge in [-0.1, -0.05) is 30.3 Å². The number of anilines is 1. The molecule has 1 amide bonds. The van der Waals surface area contributed by atoms with Gasteiger partial charge in [-0.25, -0.2) is 12.8 Å². The lowest BCUT2D eigenvalue weighted by Crippen LogP contribution is -2.49. The van der Waals surface area contributed by atoms with Crippen LogP contribution in [0.5, 0.6) is 0 Å². The summed E-state index contributed by atoms with van der Waals surface area (Å²) in [6, 6.07) is 17.7. The molecule has 0 N–H and O–H groups in total. The third-order valence-corrected chi connectivity index (χ3v) is 6.72. The van der Waals surface area contributed by atoms with E-state index in [0.29, 0.717) is 31.9 Å². The van der Waals surface area contributed by atoms with Crippen molar-refractivity contribution in [2.45, 2.75) is 10.6 Å². The quantitative estimate of drug-likeness (QED) is 0.623. The van der Waals surface area contributed by atoms with Gasteiger partial charge in [0.2, 0.25) is 0 Å². The Morgan fingerprint density at radius 3 is 2.27 bits per heavy atom. The number of carbonyl (C=O) groups is 1. The van der Waals surface area contributed by atoms with Crippen molar-refractivity contribution >= 4 is 21.4 Å². The number of rotatable bonds is 5. The maximum absolute atomic E-state index is 14.0. The van der Waals surface area contributed by atoms with Gasteiger partial charge in [0.25, 0.3) is 5.91 Å². The average molecular weight is 428 g/mol. The summed E-state index contributed by atoms with van der Waals surface area (Å²) in [5, 5.41) is 0. The van der Waals surface area contributed by atoms with Crippen LogP contribution in [-0.4, -0.2) is 45.4 Å². The Kier molecular flexibility index (Phi) is 5.59. The number of hydrogen-bond acceptors (Lipinski definition) is 5. The number of para-hydroxylation sites is 1. The van der Waals surface area contributed by atoms with E-state index in [1.165, 1.54) is 30.3 Å². The van der Waals surface area contributed by atoms with Crippen LogP contribution in [0.3, 0.4) is 0 Å². The third-order valence-electron chi connectivity index (χ3n) is 5.07. The number of halogens is 1. The lowest BCUT2D eigenvalue weighted by Gasteiger charge is -2.35. The van der Waals surface area contributed by atoms with E-state index < -0.39 is 9.84 Å². The molecule has 1 fully saturated rings. The van der Waals surface area contributed by atoms with Gasteiger partial charge in [0.05, 0.1) is 10.6 Å². The first-order chi connectivity index (χ1) is 14.4. The monoisotopic (exact) mass is 428 g/mol. The van der Waals surface area contributed by atoms with Crippen LogP contribution in [0.15, 0.2) is 76.0 Å². The maximum Gasteiger partial charge on any atom is 0.289 e. The van der Waals surface area contributed by atoms with E-state index in [-0.39, 0.29) is 33.9 Å². The topological polar surface area (TPSA) is 70.8 Å². The molecule has 3 aromatic rings. The predicted octanol–water partition coefficient (Wildman–Crippen LogP) is 3.36. The molecule has 1 saturated heterocycles. The molecule has 0 radical (unpaired) electrons. The molecule has 2 heterocycles. The lowest BCUT2D eigenvalue weighted by atomic mass is 10.2. The highest BCUT2D eigenvalue weighted by molar-refractivity contribution is 7.90. The highest BCUT2D eigenvalue weighted by Gasteiger charge is 2.26.